The van der Waals surface area contributed by atoms with Crippen molar-refractivity contribution < 1.29 is 4.79 Å². The molecule has 128 valence electrons. The second-order valence-electron chi connectivity index (χ2n) is 6.34. The number of hydrogen-bond acceptors (Lipinski definition) is 4. The monoisotopic (exact) mass is 326 g/mol. The number of carbonyl (C=O) groups is 1. The lowest BCUT2D eigenvalue weighted by Crippen LogP contribution is -2.19. The molecule has 0 aliphatic rings. The molecule has 0 fully saturated rings. The molecule has 0 radical (unpaired) electrons. The molecule has 1 aromatic carbocycles. The highest BCUT2D eigenvalue weighted by Crippen LogP contribution is 2.24. The van der Waals surface area contributed by atoms with Crippen LogP contribution >= 0.6 is 0 Å². The highest BCUT2D eigenvalue weighted by Gasteiger charge is 2.14. The molecule has 2 N–H and O–H groups in total. The van der Waals surface area contributed by atoms with Crippen LogP contribution in [0, 0.1) is 6.92 Å². The molecule has 5 nitrogen and oxygen atoms in total. The number of para-hydroxylation sites is 1. The van der Waals surface area contributed by atoms with Gasteiger partial charge >= 0.3 is 0 Å². The van der Waals surface area contributed by atoms with Gasteiger partial charge in [-0.1, -0.05) is 39.0 Å². The molecule has 1 amide bonds. The fraction of sp³-hybridized carbons (Fsp3) is 0.421. The normalized spacial score (nSPS) is 12.1. The van der Waals surface area contributed by atoms with Crippen molar-refractivity contribution in [3.8, 4) is 0 Å². The summed E-state index contributed by atoms with van der Waals surface area (Å²) in [5, 5.41) is 6.26. The number of nitrogens with one attached hydrogen (secondary N) is 2. The fourth-order valence-electron chi connectivity index (χ4n) is 2.41. The van der Waals surface area contributed by atoms with Crippen molar-refractivity contribution in [2.45, 2.75) is 53.0 Å². The molecule has 1 heterocycles. The van der Waals surface area contributed by atoms with E-state index in [0.29, 0.717) is 23.3 Å². The zero-order chi connectivity index (χ0) is 17.7. The Kier molecular flexibility index (Phi) is 5.90. The molecule has 0 saturated carbocycles. The summed E-state index contributed by atoms with van der Waals surface area (Å²) in [7, 11) is 0. The fourth-order valence-corrected chi connectivity index (χ4v) is 2.41. The molecule has 24 heavy (non-hydrogen) atoms. The van der Waals surface area contributed by atoms with E-state index < -0.39 is 0 Å². The SMILES string of the molecule is CCC(C)Nc1cc(C(=O)Nc2ccccc2C(C)C)nc(C)n1. The maximum absolute atomic E-state index is 12.6. The van der Waals surface area contributed by atoms with Gasteiger partial charge in [-0.3, -0.25) is 4.79 Å². The first-order valence-electron chi connectivity index (χ1n) is 8.43. The molecule has 2 aromatic rings. The molecule has 1 atom stereocenters. The van der Waals surface area contributed by atoms with E-state index in [2.05, 4.69) is 48.3 Å². The second-order valence-corrected chi connectivity index (χ2v) is 6.34. The van der Waals surface area contributed by atoms with Gasteiger partial charge < -0.3 is 10.6 Å². The van der Waals surface area contributed by atoms with Crippen molar-refractivity contribution in [2.75, 3.05) is 10.6 Å². The Hall–Kier alpha value is -2.43. The molecule has 1 aromatic heterocycles. The molecular weight excluding hydrogens is 300 g/mol. The van der Waals surface area contributed by atoms with Crippen LogP contribution in [0.5, 0.6) is 0 Å². The second kappa shape index (κ2) is 7.90. The van der Waals surface area contributed by atoms with Crippen molar-refractivity contribution in [3.63, 3.8) is 0 Å². The Morgan fingerprint density at radius 1 is 1.17 bits per heavy atom. The Balaban J connectivity index is 2.24. The van der Waals surface area contributed by atoms with Gasteiger partial charge in [-0.05, 0) is 37.8 Å². The standard InChI is InChI=1S/C19H26N4O/c1-6-13(4)20-18-11-17(21-14(5)22-18)19(24)23-16-10-8-7-9-15(16)12(2)3/h7-13H,6H2,1-5H3,(H,23,24)(H,20,21,22). The van der Waals surface area contributed by atoms with Crippen molar-refractivity contribution in [1.29, 1.82) is 0 Å². The van der Waals surface area contributed by atoms with Gasteiger partial charge in [0.15, 0.2) is 0 Å². The molecule has 0 bridgehead atoms. The van der Waals surface area contributed by atoms with Crippen LogP contribution in [0.25, 0.3) is 0 Å². The molecule has 0 saturated heterocycles. The third-order valence-electron chi connectivity index (χ3n) is 3.91. The van der Waals surface area contributed by atoms with Crippen LogP contribution in [0.1, 0.15) is 61.9 Å². The van der Waals surface area contributed by atoms with Gasteiger partial charge in [0.25, 0.3) is 5.91 Å². The maximum Gasteiger partial charge on any atom is 0.274 e. The van der Waals surface area contributed by atoms with Crippen LogP contribution in [0.2, 0.25) is 0 Å². The van der Waals surface area contributed by atoms with E-state index >= 15 is 0 Å². The summed E-state index contributed by atoms with van der Waals surface area (Å²) >= 11 is 0. The lowest BCUT2D eigenvalue weighted by atomic mass is 10.0. The minimum atomic E-state index is -0.221. The number of rotatable bonds is 6. The van der Waals surface area contributed by atoms with Gasteiger partial charge in [0.2, 0.25) is 0 Å². The number of aromatic nitrogens is 2. The lowest BCUT2D eigenvalue weighted by Gasteiger charge is -2.15. The summed E-state index contributed by atoms with van der Waals surface area (Å²) < 4.78 is 0. The van der Waals surface area contributed by atoms with E-state index in [9.17, 15) is 4.79 Å². The Bertz CT molecular complexity index is 712. The molecule has 2 rings (SSSR count). The summed E-state index contributed by atoms with van der Waals surface area (Å²) in [6.45, 7) is 10.2. The molecular formula is C19H26N4O. The Labute approximate surface area is 143 Å². The molecule has 0 aliphatic carbocycles. The summed E-state index contributed by atoms with van der Waals surface area (Å²) in [4.78, 5) is 21.2. The average Bonchev–Trinajstić information content (AvgIpc) is 2.54. The molecule has 0 spiro atoms. The first kappa shape index (κ1) is 17.9. The van der Waals surface area contributed by atoms with Crippen molar-refractivity contribution in [3.05, 3.63) is 47.4 Å². The number of carbonyl (C=O) groups excluding carboxylic acids is 1. The minimum Gasteiger partial charge on any atom is -0.368 e. The zero-order valence-electron chi connectivity index (χ0n) is 15.1. The molecule has 1 unspecified atom stereocenters. The first-order valence-corrected chi connectivity index (χ1v) is 8.43. The predicted octanol–water partition coefficient (Wildman–Crippen LogP) is 4.37. The van der Waals surface area contributed by atoms with Crippen LogP contribution in [-0.2, 0) is 0 Å². The van der Waals surface area contributed by atoms with Gasteiger partial charge in [-0.25, -0.2) is 9.97 Å². The summed E-state index contributed by atoms with van der Waals surface area (Å²) in [5.41, 5.74) is 2.30. The predicted molar refractivity (Wildman–Crippen MR) is 98.6 cm³/mol. The van der Waals surface area contributed by atoms with Crippen LogP contribution in [0.3, 0.4) is 0 Å². The minimum absolute atomic E-state index is 0.221. The van der Waals surface area contributed by atoms with Crippen LogP contribution in [0.4, 0.5) is 11.5 Å². The van der Waals surface area contributed by atoms with Crippen molar-refractivity contribution in [1.82, 2.24) is 9.97 Å². The number of benzene rings is 1. The number of anilines is 2. The highest BCUT2D eigenvalue weighted by atomic mass is 16.1. The van der Waals surface area contributed by atoms with E-state index in [-0.39, 0.29) is 11.9 Å². The van der Waals surface area contributed by atoms with E-state index in [4.69, 9.17) is 0 Å². The van der Waals surface area contributed by atoms with Gasteiger partial charge in [-0.15, -0.1) is 0 Å². The average molecular weight is 326 g/mol. The number of amides is 1. The summed E-state index contributed by atoms with van der Waals surface area (Å²) in [6.07, 6.45) is 0.979. The van der Waals surface area contributed by atoms with E-state index in [1.165, 1.54) is 0 Å². The highest BCUT2D eigenvalue weighted by molar-refractivity contribution is 6.03. The van der Waals surface area contributed by atoms with Crippen LogP contribution in [0.15, 0.2) is 30.3 Å². The number of aryl methyl sites for hydroxylation is 1. The van der Waals surface area contributed by atoms with Crippen molar-refractivity contribution >= 4 is 17.4 Å². The van der Waals surface area contributed by atoms with Crippen LogP contribution < -0.4 is 10.6 Å². The van der Waals surface area contributed by atoms with E-state index in [0.717, 1.165) is 17.7 Å². The Morgan fingerprint density at radius 2 is 1.88 bits per heavy atom. The third kappa shape index (κ3) is 4.54. The number of hydrogen-bond donors (Lipinski definition) is 2. The van der Waals surface area contributed by atoms with Gasteiger partial charge in [0, 0.05) is 17.8 Å². The smallest absolute Gasteiger partial charge is 0.274 e. The van der Waals surface area contributed by atoms with Crippen molar-refractivity contribution in [2.24, 2.45) is 0 Å². The van der Waals surface area contributed by atoms with Gasteiger partial charge in [0.05, 0.1) is 0 Å². The van der Waals surface area contributed by atoms with E-state index in [1.54, 1.807) is 13.0 Å². The summed E-state index contributed by atoms with van der Waals surface area (Å²) in [6, 6.07) is 9.83. The largest absolute Gasteiger partial charge is 0.368 e. The number of nitrogens with zero attached hydrogens (tertiary/aromatic N) is 2. The third-order valence-corrected chi connectivity index (χ3v) is 3.91. The topological polar surface area (TPSA) is 66.9 Å². The molecule has 5 heteroatoms. The quantitative estimate of drug-likeness (QED) is 0.827. The van der Waals surface area contributed by atoms with Gasteiger partial charge in [0.1, 0.15) is 17.3 Å². The zero-order valence-corrected chi connectivity index (χ0v) is 15.1. The summed E-state index contributed by atoms with van der Waals surface area (Å²) in [5.74, 6) is 1.36. The van der Waals surface area contributed by atoms with E-state index in [1.807, 2.05) is 24.3 Å². The van der Waals surface area contributed by atoms with Crippen LogP contribution in [-0.4, -0.2) is 21.9 Å². The first-order chi connectivity index (χ1) is 11.4. The van der Waals surface area contributed by atoms with Gasteiger partial charge in [-0.2, -0.15) is 0 Å². The Morgan fingerprint density at radius 3 is 2.54 bits per heavy atom. The lowest BCUT2D eigenvalue weighted by molar-refractivity contribution is 0.102. The molecule has 0 aliphatic heterocycles. The maximum atomic E-state index is 12.6.